The van der Waals surface area contributed by atoms with E-state index >= 15 is 0 Å². The van der Waals surface area contributed by atoms with Crippen LogP contribution in [-0.2, 0) is 11.3 Å². The van der Waals surface area contributed by atoms with E-state index in [0.717, 1.165) is 16.8 Å². The maximum absolute atomic E-state index is 12.8. The molecule has 0 bridgehead atoms. The Bertz CT molecular complexity index is 1520. The molecule has 0 atom stereocenters. The van der Waals surface area contributed by atoms with Gasteiger partial charge in [0.05, 0.1) is 17.8 Å². The Morgan fingerprint density at radius 2 is 1.87 bits per heavy atom. The summed E-state index contributed by atoms with van der Waals surface area (Å²) >= 11 is 0. The van der Waals surface area contributed by atoms with E-state index in [1.807, 2.05) is 24.3 Å². The van der Waals surface area contributed by atoms with Crippen molar-refractivity contribution in [2.75, 3.05) is 31.0 Å². The molecule has 0 radical (unpaired) electrons. The highest BCUT2D eigenvalue weighted by Gasteiger charge is 2.14. The van der Waals surface area contributed by atoms with Crippen LogP contribution in [0.3, 0.4) is 0 Å². The summed E-state index contributed by atoms with van der Waals surface area (Å²) in [5, 5.41) is 18.2. The predicted molar refractivity (Wildman–Crippen MR) is 146 cm³/mol. The van der Waals surface area contributed by atoms with Crippen LogP contribution in [-0.4, -0.2) is 47.4 Å². The number of fused-ring (bicyclic) bond motifs is 1. The van der Waals surface area contributed by atoms with Crippen LogP contribution in [0.4, 0.5) is 22.0 Å². The fourth-order valence-corrected chi connectivity index (χ4v) is 3.65. The third-order valence-corrected chi connectivity index (χ3v) is 5.59. The van der Waals surface area contributed by atoms with Gasteiger partial charge in [0.25, 0.3) is 5.91 Å². The lowest BCUT2D eigenvalue weighted by Gasteiger charge is -2.16. The lowest BCUT2D eigenvalue weighted by molar-refractivity contribution is 0.0706. The molecule has 0 fully saturated rings. The summed E-state index contributed by atoms with van der Waals surface area (Å²) in [4.78, 5) is 33.0. The number of hydrogen-bond donors (Lipinski definition) is 5. The molecule has 1 heterocycles. The van der Waals surface area contributed by atoms with Crippen molar-refractivity contribution in [3.05, 3.63) is 83.7 Å². The van der Waals surface area contributed by atoms with Gasteiger partial charge in [0.15, 0.2) is 0 Å². The minimum Gasteiger partial charge on any atom is -0.489 e. The Balaban J connectivity index is 1.56. The van der Waals surface area contributed by atoms with Crippen LogP contribution < -0.4 is 26.2 Å². The number of nitrogens with one attached hydrogen (secondary N) is 4. The molecule has 0 saturated heterocycles. The Hall–Kier alpha value is -5.18. The van der Waals surface area contributed by atoms with Crippen molar-refractivity contribution in [3.8, 4) is 18.1 Å². The van der Waals surface area contributed by atoms with Crippen LogP contribution >= 0.6 is 0 Å². The molecule has 11 heteroatoms. The monoisotopic (exact) mass is 526 g/mol. The van der Waals surface area contributed by atoms with Crippen LogP contribution in [0, 0.1) is 12.3 Å². The Kier molecular flexibility index (Phi) is 8.87. The van der Waals surface area contributed by atoms with Gasteiger partial charge in [0.1, 0.15) is 24.5 Å². The van der Waals surface area contributed by atoms with Gasteiger partial charge in [-0.1, -0.05) is 24.1 Å². The molecular weight excluding hydrogens is 500 g/mol. The molecule has 0 unspecified atom stereocenters. The number of carbonyl (C=O) groups excluding carboxylic acids is 2. The van der Waals surface area contributed by atoms with Crippen LogP contribution in [0.1, 0.15) is 21.5 Å². The number of ether oxygens (including phenoxy) is 2. The minimum absolute atomic E-state index is 0.196. The summed E-state index contributed by atoms with van der Waals surface area (Å²) in [6.07, 6.45) is 6.96. The van der Waals surface area contributed by atoms with Crippen molar-refractivity contribution in [2.24, 2.45) is 0 Å². The zero-order chi connectivity index (χ0) is 27.6. The van der Waals surface area contributed by atoms with Crippen molar-refractivity contribution in [1.82, 2.24) is 20.8 Å². The van der Waals surface area contributed by atoms with Gasteiger partial charge >= 0.3 is 6.03 Å². The maximum atomic E-state index is 12.8. The third kappa shape index (κ3) is 6.98. The zero-order valence-electron chi connectivity index (χ0n) is 21.0. The second-order valence-electron chi connectivity index (χ2n) is 8.22. The minimum atomic E-state index is -0.619. The fourth-order valence-electron chi connectivity index (χ4n) is 3.65. The summed E-state index contributed by atoms with van der Waals surface area (Å²) < 4.78 is 10.9. The number of anilines is 3. The molecule has 39 heavy (non-hydrogen) atoms. The summed E-state index contributed by atoms with van der Waals surface area (Å²) in [5.41, 5.74) is 5.10. The zero-order valence-corrected chi connectivity index (χ0v) is 21.0. The standard InChI is InChI=1S/C28H26N6O5/c1-3-18-5-4-6-21(13-18)32-26-22-14-24(25(39-12-11-38-2)15-23(22)30-17-31-26)33-28(36)29-16-19-7-9-20(10-8-19)27(35)34-37/h1,4-10,13-15,17,37H,11-12,16H2,2H3,(H,34,35)(H2,29,33,36)(H,30,31,32). The first-order valence-electron chi connectivity index (χ1n) is 11.8. The van der Waals surface area contributed by atoms with Gasteiger partial charge in [-0.15, -0.1) is 6.42 Å². The Morgan fingerprint density at radius 3 is 2.62 bits per heavy atom. The highest BCUT2D eigenvalue weighted by molar-refractivity contribution is 5.99. The number of rotatable bonds is 10. The molecule has 0 aliphatic carbocycles. The molecule has 11 nitrogen and oxygen atoms in total. The summed E-state index contributed by atoms with van der Waals surface area (Å²) in [5.74, 6) is 2.92. The number of terminal acetylenes is 1. The average Bonchev–Trinajstić information content (AvgIpc) is 2.96. The number of amides is 3. The van der Waals surface area contributed by atoms with Gasteiger partial charge < -0.3 is 25.4 Å². The Labute approximate surface area is 224 Å². The van der Waals surface area contributed by atoms with Crippen LogP contribution in [0.5, 0.6) is 5.75 Å². The van der Waals surface area contributed by atoms with Gasteiger partial charge in [-0.3, -0.25) is 10.0 Å². The largest absolute Gasteiger partial charge is 0.489 e. The van der Waals surface area contributed by atoms with Gasteiger partial charge in [-0.05, 0) is 42.0 Å². The number of benzene rings is 3. The first-order valence-corrected chi connectivity index (χ1v) is 11.8. The van der Waals surface area contributed by atoms with E-state index in [-0.39, 0.29) is 18.7 Å². The molecule has 0 spiro atoms. The van der Waals surface area contributed by atoms with E-state index in [2.05, 4.69) is 31.8 Å². The molecule has 4 rings (SSSR count). The number of methoxy groups -OCH3 is 1. The van der Waals surface area contributed by atoms with Gasteiger partial charge in [0.2, 0.25) is 0 Å². The van der Waals surface area contributed by atoms with E-state index in [1.54, 1.807) is 49.0 Å². The van der Waals surface area contributed by atoms with Gasteiger partial charge in [-0.25, -0.2) is 20.2 Å². The topological polar surface area (TPSA) is 147 Å². The lowest BCUT2D eigenvalue weighted by atomic mass is 10.1. The first kappa shape index (κ1) is 26.9. The van der Waals surface area contributed by atoms with Crippen molar-refractivity contribution in [1.29, 1.82) is 0 Å². The van der Waals surface area contributed by atoms with Crippen molar-refractivity contribution >= 4 is 40.0 Å². The van der Waals surface area contributed by atoms with Crippen molar-refractivity contribution in [3.63, 3.8) is 0 Å². The molecule has 198 valence electrons. The molecule has 0 saturated carbocycles. The van der Waals surface area contributed by atoms with Crippen LogP contribution in [0.2, 0.25) is 0 Å². The second kappa shape index (κ2) is 12.9. The lowest BCUT2D eigenvalue weighted by Crippen LogP contribution is -2.28. The first-order chi connectivity index (χ1) is 19.0. The molecule has 1 aromatic heterocycles. The smallest absolute Gasteiger partial charge is 0.319 e. The van der Waals surface area contributed by atoms with Gasteiger partial charge in [0, 0.05) is 41.9 Å². The molecule has 0 aliphatic rings. The highest BCUT2D eigenvalue weighted by atomic mass is 16.5. The van der Waals surface area contributed by atoms with Crippen LogP contribution in [0.15, 0.2) is 67.0 Å². The number of aromatic nitrogens is 2. The molecule has 3 amide bonds. The maximum Gasteiger partial charge on any atom is 0.319 e. The SMILES string of the molecule is C#Cc1cccc(Nc2ncnc3cc(OCCOC)c(NC(=O)NCc4ccc(C(=O)NO)cc4)cc23)c1. The van der Waals surface area contributed by atoms with E-state index in [9.17, 15) is 9.59 Å². The summed E-state index contributed by atoms with van der Waals surface area (Å²) in [6, 6.07) is 16.8. The molecule has 4 aromatic rings. The normalized spacial score (nSPS) is 10.4. The van der Waals surface area contributed by atoms with Crippen molar-refractivity contribution < 1.29 is 24.3 Å². The van der Waals surface area contributed by atoms with Gasteiger partial charge in [-0.2, -0.15) is 0 Å². The quantitative estimate of drug-likeness (QED) is 0.0907. The number of hydroxylamine groups is 1. The van der Waals surface area contributed by atoms with Crippen LogP contribution in [0.25, 0.3) is 10.9 Å². The number of urea groups is 1. The van der Waals surface area contributed by atoms with E-state index in [4.69, 9.17) is 21.1 Å². The Morgan fingerprint density at radius 1 is 1.05 bits per heavy atom. The van der Waals surface area contributed by atoms with Crippen molar-refractivity contribution in [2.45, 2.75) is 6.54 Å². The highest BCUT2D eigenvalue weighted by Crippen LogP contribution is 2.33. The average molecular weight is 527 g/mol. The second-order valence-corrected chi connectivity index (χ2v) is 8.22. The van der Waals surface area contributed by atoms with E-state index in [1.165, 1.54) is 6.33 Å². The van der Waals surface area contributed by atoms with E-state index < -0.39 is 11.9 Å². The third-order valence-electron chi connectivity index (χ3n) is 5.59. The number of carbonyl (C=O) groups is 2. The molecule has 3 aromatic carbocycles. The molecular formula is C28H26N6O5. The number of nitrogens with zero attached hydrogens (tertiary/aromatic N) is 2. The number of hydrogen-bond acceptors (Lipinski definition) is 8. The predicted octanol–water partition coefficient (Wildman–Crippen LogP) is 3.82. The summed E-state index contributed by atoms with van der Waals surface area (Å²) in [7, 11) is 1.57. The fraction of sp³-hybridized carbons (Fsp3) is 0.143. The van der Waals surface area contributed by atoms with E-state index in [0.29, 0.717) is 34.8 Å². The molecule has 5 N–H and O–H groups in total. The molecule has 0 aliphatic heterocycles. The summed E-state index contributed by atoms with van der Waals surface area (Å²) in [6.45, 7) is 0.818.